The second-order valence-corrected chi connectivity index (χ2v) is 14.5. The van der Waals surface area contributed by atoms with Crippen LogP contribution in [-0.4, -0.2) is 0 Å². The normalized spacial score (nSPS) is 13.3. The van der Waals surface area contributed by atoms with E-state index < -0.39 is 0 Å². The molecular formula is C49H33NO2. The number of furan rings is 2. The lowest BCUT2D eigenvalue weighted by Crippen LogP contribution is -2.17. The number of para-hydroxylation sites is 1. The Morgan fingerprint density at radius 3 is 2.00 bits per heavy atom. The van der Waals surface area contributed by atoms with Gasteiger partial charge in [0, 0.05) is 55.4 Å². The van der Waals surface area contributed by atoms with Crippen LogP contribution in [0, 0.1) is 0 Å². The topological polar surface area (TPSA) is 29.5 Å². The number of nitrogens with zero attached hydrogens (tertiary/aromatic N) is 1. The summed E-state index contributed by atoms with van der Waals surface area (Å²) in [4.78, 5) is 2.41. The minimum atomic E-state index is -0.148. The van der Waals surface area contributed by atoms with Gasteiger partial charge in [-0.15, -0.1) is 0 Å². The summed E-state index contributed by atoms with van der Waals surface area (Å²) >= 11 is 0. The van der Waals surface area contributed by atoms with Crippen LogP contribution in [0.3, 0.4) is 0 Å². The monoisotopic (exact) mass is 667 g/mol. The van der Waals surface area contributed by atoms with E-state index in [0.29, 0.717) is 0 Å². The molecule has 1 aliphatic rings. The van der Waals surface area contributed by atoms with Crippen LogP contribution in [0.1, 0.15) is 25.0 Å². The molecule has 0 fully saturated rings. The van der Waals surface area contributed by atoms with Gasteiger partial charge in [-0.05, 0) is 81.7 Å². The zero-order valence-corrected chi connectivity index (χ0v) is 28.9. The average molecular weight is 668 g/mol. The first kappa shape index (κ1) is 29.2. The van der Waals surface area contributed by atoms with Gasteiger partial charge in [-0.25, -0.2) is 0 Å². The fourth-order valence-corrected chi connectivity index (χ4v) is 8.68. The zero-order valence-electron chi connectivity index (χ0n) is 28.9. The fourth-order valence-electron chi connectivity index (χ4n) is 8.68. The Labute approximate surface area is 301 Å². The molecule has 0 atom stereocenters. The average Bonchev–Trinajstić information content (AvgIpc) is 3.82. The zero-order chi connectivity index (χ0) is 34.6. The Bertz CT molecular complexity index is 3050. The lowest BCUT2D eigenvalue weighted by molar-refractivity contribution is 0.660. The van der Waals surface area contributed by atoms with Crippen molar-refractivity contribution in [3.63, 3.8) is 0 Å². The van der Waals surface area contributed by atoms with Gasteiger partial charge in [0.2, 0.25) is 0 Å². The molecule has 0 saturated heterocycles. The van der Waals surface area contributed by atoms with E-state index in [1.165, 1.54) is 27.6 Å². The molecule has 0 aliphatic heterocycles. The molecule has 2 heterocycles. The highest BCUT2D eigenvalue weighted by Gasteiger charge is 2.36. The highest BCUT2D eigenvalue weighted by molar-refractivity contribution is 6.17. The second kappa shape index (κ2) is 10.7. The van der Waals surface area contributed by atoms with Crippen LogP contribution in [0.5, 0.6) is 0 Å². The molecule has 0 amide bonds. The van der Waals surface area contributed by atoms with Crippen molar-refractivity contribution in [1.29, 1.82) is 0 Å². The number of fused-ring (bicyclic) bond motifs is 11. The van der Waals surface area contributed by atoms with Crippen LogP contribution in [0.2, 0.25) is 0 Å². The summed E-state index contributed by atoms with van der Waals surface area (Å²) in [6, 6.07) is 58.8. The van der Waals surface area contributed by atoms with Crippen LogP contribution in [0.15, 0.2) is 173 Å². The van der Waals surface area contributed by atoms with E-state index in [-0.39, 0.29) is 5.41 Å². The van der Waals surface area contributed by atoms with E-state index in [2.05, 4.69) is 170 Å². The highest BCUT2D eigenvalue weighted by Crippen LogP contribution is 2.52. The molecule has 0 unspecified atom stereocenters. The van der Waals surface area contributed by atoms with Crippen LogP contribution < -0.4 is 4.90 Å². The molecule has 3 heteroatoms. The van der Waals surface area contributed by atoms with Crippen LogP contribution in [-0.2, 0) is 5.41 Å². The molecule has 2 aromatic heterocycles. The number of rotatable bonds is 4. The molecule has 0 spiro atoms. The third-order valence-corrected chi connectivity index (χ3v) is 11.3. The summed E-state index contributed by atoms with van der Waals surface area (Å²) in [6.07, 6.45) is 0. The predicted octanol–water partition coefficient (Wildman–Crippen LogP) is 14.1. The van der Waals surface area contributed by atoms with E-state index in [9.17, 15) is 0 Å². The lowest BCUT2D eigenvalue weighted by atomic mass is 9.82. The summed E-state index contributed by atoms with van der Waals surface area (Å²) in [5, 5.41) is 6.70. The lowest BCUT2D eigenvalue weighted by Gasteiger charge is -2.30. The first-order chi connectivity index (χ1) is 25.5. The summed E-state index contributed by atoms with van der Waals surface area (Å²) in [5.74, 6) is 0. The maximum atomic E-state index is 6.76. The Hall–Kier alpha value is -6.58. The molecule has 1 aliphatic carbocycles. The van der Waals surface area contributed by atoms with Crippen LogP contribution >= 0.6 is 0 Å². The van der Waals surface area contributed by atoms with Gasteiger partial charge in [-0.2, -0.15) is 0 Å². The molecule has 0 saturated carbocycles. The molecule has 0 radical (unpaired) electrons. The Balaban J connectivity index is 1.22. The van der Waals surface area contributed by atoms with Crippen molar-refractivity contribution in [1.82, 2.24) is 0 Å². The maximum absolute atomic E-state index is 6.76. The molecule has 3 nitrogen and oxygen atoms in total. The fraction of sp³-hybridized carbons (Fsp3) is 0.0612. The minimum Gasteiger partial charge on any atom is -0.456 e. The number of anilines is 3. The largest absolute Gasteiger partial charge is 0.456 e. The van der Waals surface area contributed by atoms with Crippen LogP contribution in [0.4, 0.5) is 17.1 Å². The number of hydrogen-bond acceptors (Lipinski definition) is 3. The van der Waals surface area contributed by atoms with Gasteiger partial charge >= 0.3 is 0 Å². The van der Waals surface area contributed by atoms with Crippen molar-refractivity contribution in [2.24, 2.45) is 0 Å². The SMILES string of the molecule is CC1(C)c2ccccc2-c2ccc(N(c3ccc4c(c3)oc3ccccc34)c3cc4c(cc3-c3ccccc3)oc3c5ccccc5ccc43)cc21. The van der Waals surface area contributed by atoms with Gasteiger partial charge in [0.1, 0.15) is 22.3 Å². The molecule has 8 aromatic carbocycles. The van der Waals surface area contributed by atoms with E-state index in [4.69, 9.17) is 8.83 Å². The molecule has 0 bridgehead atoms. The third-order valence-electron chi connectivity index (χ3n) is 11.3. The van der Waals surface area contributed by atoms with Gasteiger partial charge in [-0.3, -0.25) is 0 Å². The summed E-state index contributed by atoms with van der Waals surface area (Å²) in [7, 11) is 0. The minimum absolute atomic E-state index is 0.148. The standard InChI is InChI=1S/C49H33NO2/c1-49(2)42-18-10-8-16-35(42)36-24-21-32(26-43(36)49)50(33-22-25-38-37-17-9-11-19-45(37)51-46(38)27-33)44-28-41-39-23-20-31-14-6-7-15-34(31)48(39)52-47(41)29-40(44)30-12-4-3-5-13-30/h3-29H,1-2H3. The Morgan fingerprint density at radius 1 is 0.423 bits per heavy atom. The van der Waals surface area contributed by atoms with Gasteiger partial charge in [0.05, 0.1) is 5.69 Å². The summed E-state index contributed by atoms with van der Waals surface area (Å²) in [6.45, 7) is 4.69. The Morgan fingerprint density at radius 2 is 1.10 bits per heavy atom. The number of benzene rings is 8. The molecule has 246 valence electrons. The van der Waals surface area contributed by atoms with E-state index in [1.807, 2.05) is 12.1 Å². The van der Waals surface area contributed by atoms with Gasteiger partial charge in [0.25, 0.3) is 0 Å². The third kappa shape index (κ3) is 4.14. The van der Waals surface area contributed by atoms with Crippen molar-refractivity contribution in [3.8, 4) is 22.3 Å². The molecule has 0 N–H and O–H groups in total. The van der Waals surface area contributed by atoms with Crippen molar-refractivity contribution in [2.75, 3.05) is 4.90 Å². The first-order valence-corrected chi connectivity index (χ1v) is 17.9. The predicted molar refractivity (Wildman–Crippen MR) is 216 cm³/mol. The van der Waals surface area contributed by atoms with Crippen molar-refractivity contribution in [3.05, 3.63) is 175 Å². The molecule has 52 heavy (non-hydrogen) atoms. The first-order valence-electron chi connectivity index (χ1n) is 17.9. The molecular weight excluding hydrogens is 635 g/mol. The van der Waals surface area contributed by atoms with Gasteiger partial charge in [-0.1, -0.05) is 123 Å². The quantitative estimate of drug-likeness (QED) is 0.187. The van der Waals surface area contributed by atoms with Crippen molar-refractivity contribution in [2.45, 2.75) is 19.3 Å². The van der Waals surface area contributed by atoms with Crippen LogP contribution in [0.25, 0.3) is 76.9 Å². The van der Waals surface area contributed by atoms with Gasteiger partial charge < -0.3 is 13.7 Å². The van der Waals surface area contributed by atoms with Gasteiger partial charge in [0.15, 0.2) is 0 Å². The highest BCUT2D eigenvalue weighted by atomic mass is 16.3. The van der Waals surface area contributed by atoms with Crippen molar-refractivity contribution >= 4 is 71.7 Å². The smallest absolute Gasteiger partial charge is 0.143 e. The van der Waals surface area contributed by atoms with E-state index in [0.717, 1.165) is 77.5 Å². The second-order valence-electron chi connectivity index (χ2n) is 14.5. The number of hydrogen-bond donors (Lipinski definition) is 0. The summed E-state index contributed by atoms with van der Waals surface area (Å²) in [5.41, 5.74) is 14.1. The van der Waals surface area contributed by atoms with E-state index in [1.54, 1.807) is 0 Å². The molecule has 10 aromatic rings. The van der Waals surface area contributed by atoms with Crippen molar-refractivity contribution < 1.29 is 8.83 Å². The molecule has 11 rings (SSSR count). The maximum Gasteiger partial charge on any atom is 0.143 e. The van der Waals surface area contributed by atoms with E-state index >= 15 is 0 Å². The Kier molecular flexibility index (Phi) is 6.01. The summed E-state index contributed by atoms with van der Waals surface area (Å²) < 4.78 is 13.2.